The van der Waals surface area contributed by atoms with Crippen LogP contribution in [0, 0.1) is 11.3 Å². The van der Waals surface area contributed by atoms with Crippen LogP contribution in [0.15, 0.2) is 73.1 Å². The first kappa shape index (κ1) is 30.7. The number of rotatable bonds is 11. The highest BCUT2D eigenvalue weighted by Gasteiger charge is 2.22. The molecule has 0 aliphatic carbocycles. The minimum absolute atomic E-state index is 0.135. The van der Waals surface area contributed by atoms with E-state index in [1.165, 1.54) is 6.08 Å². The smallest absolute Gasteiger partial charge is 0.248 e. The summed E-state index contributed by atoms with van der Waals surface area (Å²) in [6, 6.07) is 17.7. The van der Waals surface area contributed by atoms with E-state index in [4.69, 9.17) is 19.6 Å². The topological polar surface area (TPSA) is 130 Å². The van der Waals surface area contributed by atoms with Crippen molar-refractivity contribution in [2.24, 2.45) is 0 Å². The van der Waals surface area contributed by atoms with E-state index in [0.717, 1.165) is 28.7 Å². The molecule has 0 unspecified atom stereocenters. The van der Waals surface area contributed by atoms with Crippen molar-refractivity contribution in [2.75, 3.05) is 44.5 Å². The summed E-state index contributed by atoms with van der Waals surface area (Å²) in [4.78, 5) is 24.2. The highest BCUT2D eigenvalue weighted by Crippen LogP contribution is 2.38. The summed E-state index contributed by atoms with van der Waals surface area (Å²) in [5, 5.41) is 23.1. The molecule has 1 aliphatic rings. The molecule has 6 rings (SSSR count). The Labute approximate surface area is 267 Å². The summed E-state index contributed by atoms with van der Waals surface area (Å²) in [6.07, 6.45) is 8.24. The Morgan fingerprint density at radius 1 is 1.22 bits per heavy atom. The molecule has 0 spiro atoms. The second-order valence-corrected chi connectivity index (χ2v) is 11.4. The van der Waals surface area contributed by atoms with Crippen LogP contribution in [0.2, 0.25) is 0 Å². The lowest BCUT2D eigenvalue weighted by Crippen LogP contribution is -2.18. The zero-order chi connectivity index (χ0) is 32.0. The van der Waals surface area contributed by atoms with Crippen molar-refractivity contribution in [3.8, 4) is 11.8 Å². The fraction of sp³-hybridized carbons (Fsp3) is 0.286. The molecule has 0 bridgehead atoms. The van der Waals surface area contributed by atoms with Gasteiger partial charge in [-0.3, -0.25) is 19.4 Å². The lowest BCUT2D eigenvalue weighted by molar-refractivity contribution is -0.111. The molecule has 1 atom stereocenters. The summed E-state index contributed by atoms with van der Waals surface area (Å²) < 4.78 is 13.7. The van der Waals surface area contributed by atoms with Crippen LogP contribution in [0.25, 0.3) is 21.8 Å². The first-order chi connectivity index (χ1) is 22.4. The van der Waals surface area contributed by atoms with Gasteiger partial charge in [0.1, 0.15) is 17.9 Å². The van der Waals surface area contributed by atoms with Crippen molar-refractivity contribution in [3.63, 3.8) is 0 Å². The van der Waals surface area contributed by atoms with Gasteiger partial charge in [0, 0.05) is 54.0 Å². The maximum absolute atomic E-state index is 13.0. The van der Waals surface area contributed by atoms with Gasteiger partial charge in [0.25, 0.3) is 0 Å². The third kappa shape index (κ3) is 6.99. The Balaban J connectivity index is 1.39. The highest BCUT2D eigenvalue weighted by molar-refractivity contribution is 6.05. The molecular formula is C35H36N8O3. The van der Waals surface area contributed by atoms with Gasteiger partial charge in [-0.25, -0.2) is 0 Å². The summed E-state index contributed by atoms with van der Waals surface area (Å²) in [5.74, 6) is 0.222. The Morgan fingerprint density at radius 3 is 2.85 bits per heavy atom. The van der Waals surface area contributed by atoms with Crippen LogP contribution in [-0.4, -0.2) is 70.5 Å². The van der Waals surface area contributed by atoms with E-state index in [1.54, 1.807) is 12.3 Å². The number of nitrogens with zero attached hydrogens (tertiary/aromatic N) is 6. The number of anilines is 3. The number of aromatic nitrogens is 4. The molecule has 1 saturated heterocycles. The Morgan fingerprint density at radius 2 is 2.11 bits per heavy atom. The number of pyridine rings is 2. The molecule has 234 valence electrons. The number of carbonyl (C=O) groups excluding carboxylic acids is 1. The number of nitriles is 1. The molecule has 2 N–H and O–H groups in total. The SMILES string of the molecule is CCc1nc2cc(O[C@H]3CCOC3)c(NC(=O)/C=C/CN(C)C)cc2c(Nc2ccc3nn(Cc4ccccn4)cc3c2)c1C#N. The number of aryl methyl sites for hydroxylation is 1. The van der Waals surface area contributed by atoms with Crippen molar-refractivity contribution in [3.05, 3.63) is 90.0 Å². The Bertz CT molecular complexity index is 1940. The molecule has 3 aromatic heterocycles. The van der Waals surface area contributed by atoms with Gasteiger partial charge in [-0.2, -0.15) is 10.4 Å². The Hall–Kier alpha value is -5.31. The lowest BCUT2D eigenvalue weighted by Gasteiger charge is -2.19. The van der Waals surface area contributed by atoms with Crippen LogP contribution >= 0.6 is 0 Å². The minimum atomic E-state index is -0.282. The summed E-state index contributed by atoms with van der Waals surface area (Å²) in [5.41, 5.74) is 5.42. The summed E-state index contributed by atoms with van der Waals surface area (Å²) in [6.45, 7) is 4.26. The van der Waals surface area contributed by atoms with Crippen LogP contribution in [0.4, 0.5) is 17.1 Å². The van der Waals surface area contributed by atoms with Crippen LogP contribution in [0.5, 0.6) is 5.75 Å². The van der Waals surface area contributed by atoms with E-state index < -0.39 is 0 Å². The van der Waals surface area contributed by atoms with E-state index in [1.807, 2.05) is 85.3 Å². The molecule has 11 heteroatoms. The predicted octanol–water partition coefficient (Wildman–Crippen LogP) is 5.43. The molecule has 2 aromatic carbocycles. The van der Waals surface area contributed by atoms with E-state index in [9.17, 15) is 10.1 Å². The van der Waals surface area contributed by atoms with Crippen LogP contribution < -0.4 is 15.4 Å². The van der Waals surface area contributed by atoms with Crippen molar-refractivity contribution >= 4 is 44.8 Å². The third-order valence-corrected chi connectivity index (χ3v) is 7.66. The molecule has 46 heavy (non-hydrogen) atoms. The normalized spacial score (nSPS) is 14.7. The number of nitrogens with one attached hydrogen (secondary N) is 2. The number of hydrogen-bond donors (Lipinski definition) is 2. The van der Waals surface area contributed by atoms with Gasteiger partial charge in [-0.1, -0.05) is 19.1 Å². The predicted molar refractivity (Wildman–Crippen MR) is 178 cm³/mol. The van der Waals surface area contributed by atoms with Crippen molar-refractivity contribution in [2.45, 2.75) is 32.4 Å². The molecule has 4 heterocycles. The van der Waals surface area contributed by atoms with Crippen LogP contribution in [0.1, 0.15) is 30.3 Å². The number of amides is 1. The average Bonchev–Trinajstić information content (AvgIpc) is 3.71. The van der Waals surface area contributed by atoms with Crippen molar-refractivity contribution in [1.82, 2.24) is 24.6 Å². The molecule has 0 radical (unpaired) electrons. The van der Waals surface area contributed by atoms with Gasteiger partial charge in [-0.05, 0) is 56.9 Å². The van der Waals surface area contributed by atoms with Gasteiger partial charge in [-0.15, -0.1) is 0 Å². The highest BCUT2D eigenvalue weighted by atomic mass is 16.5. The fourth-order valence-corrected chi connectivity index (χ4v) is 5.41. The maximum atomic E-state index is 13.0. The molecule has 1 fully saturated rings. The van der Waals surface area contributed by atoms with Crippen LogP contribution in [-0.2, 0) is 22.5 Å². The lowest BCUT2D eigenvalue weighted by atomic mass is 10.0. The first-order valence-corrected chi connectivity index (χ1v) is 15.3. The van der Waals surface area contributed by atoms with Gasteiger partial charge in [0.15, 0.2) is 0 Å². The Kier molecular flexibility index (Phi) is 9.19. The second-order valence-electron chi connectivity index (χ2n) is 11.4. The quantitative estimate of drug-likeness (QED) is 0.187. The molecule has 0 saturated carbocycles. The third-order valence-electron chi connectivity index (χ3n) is 7.66. The molecule has 1 amide bonds. The van der Waals surface area contributed by atoms with Gasteiger partial charge < -0.3 is 25.0 Å². The number of benzene rings is 2. The van der Waals surface area contributed by atoms with E-state index in [-0.39, 0.29) is 12.0 Å². The maximum Gasteiger partial charge on any atom is 0.248 e. The number of fused-ring (bicyclic) bond motifs is 2. The number of likely N-dealkylation sites (N-methyl/N-ethyl adjacent to an activating group) is 1. The molecule has 5 aromatic rings. The van der Waals surface area contributed by atoms with Crippen molar-refractivity contribution < 1.29 is 14.3 Å². The fourth-order valence-electron chi connectivity index (χ4n) is 5.41. The van der Waals surface area contributed by atoms with Gasteiger partial charge >= 0.3 is 0 Å². The zero-order valence-electron chi connectivity index (χ0n) is 26.2. The average molecular weight is 617 g/mol. The number of ether oxygens (including phenoxy) is 2. The molecule has 1 aliphatic heterocycles. The monoisotopic (exact) mass is 616 g/mol. The van der Waals surface area contributed by atoms with E-state index >= 15 is 0 Å². The number of carbonyl (C=O) groups is 1. The summed E-state index contributed by atoms with van der Waals surface area (Å²) >= 11 is 0. The molecule has 11 nitrogen and oxygen atoms in total. The van der Waals surface area contributed by atoms with Gasteiger partial charge in [0.05, 0.1) is 59.1 Å². The largest absolute Gasteiger partial charge is 0.486 e. The molecular weight excluding hydrogens is 580 g/mol. The zero-order valence-corrected chi connectivity index (χ0v) is 26.2. The van der Waals surface area contributed by atoms with Gasteiger partial charge in [0.2, 0.25) is 5.91 Å². The first-order valence-electron chi connectivity index (χ1n) is 15.3. The number of hydrogen-bond acceptors (Lipinski definition) is 9. The minimum Gasteiger partial charge on any atom is -0.486 e. The standard InChI is InChI=1S/C35H36N8O3/c1-4-29-28(19-36)35(38-24-10-11-30-23(16-24)20-43(41-30)21-25-8-5-6-13-37-25)27-17-32(40-34(44)9-7-14-42(2)3)33(18-31(27)39-29)46-26-12-15-45-22-26/h5-11,13,16-18,20,26H,4,12,14-15,21-22H2,1-3H3,(H,38,39)(H,40,44)/b9-7+/t26-/m0/s1. The second kappa shape index (κ2) is 13.8. The van der Waals surface area contributed by atoms with Crippen LogP contribution in [0.3, 0.4) is 0 Å². The van der Waals surface area contributed by atoms with E-state index in [2.05, 4.69) is 21.7 Å². The summed E-state index contributed by atoms with van der Waals surface area (Å²) in [7, 11) is 3.87. The van der Waals surface area contributed by atoms with Crippen molar-refractivity contribution in [1.29, 1.82) is 5.26 Å². The van der Waals surface area contributed by atoms with E-state index in [0.29, 0.717) is 72.0 Å².